The molecule has 1 amide bonds. The van der Waals surface area contributed by atoms with E-state index >= 15 is 0 Å². The average molecular weight is 376 g/mol. The number of halogens is 1. The number of fused-ring (bicyclic) bond motifs is 3. The molecule has 1 aromatic carbocycles. The summed E-state index contributed by atoms with van der Waals surface area (Å²) in [5, 5.41) is 2.78. The molecule has 0 radical (unpaired) electrons. The number of hydrogen-bond acceptors (Lipinski definition) is 2. The number of aromatic nitrogens is 2. The van der Waals surface area contributed by atoms with Crippen LogP contribution in [0, 0.1) is 0 Å². The Labute approximate surface area is 142 Å². The predicted molar refractivity (Wildman–Crippen MR) is 94.8 cm³/mol. The molecule has 0 aliphatic rings. The molecule has 5 nitrogen and oxygen atoms in total. The van der Waals surface area contributed by atoms with Gasteiger partial charge in [-0.05, 0) is 43.7 Å². The fraction of sp³-hybridized carbons (Fsp3) is 0.294. The second-order valence-electron chi connectivity index (χ2n) is 5.41. The summed E-state index contributed by atoms with van der Waals surface area (Å²) in [6, 6.07) is 9.60. The van der Waals surface area contributed by atoms with Crippen molar-refractivity contribution in [1.29, 1.82) is 0 Å². The van der Waals surface area contributed by atoms with E-state index in [1.54, 1.807) is 4.57 Å². The summed E-state index contributed by atoms with van der Waals surface area (Å²) in [6.07, 6.45) is 2.94. The minimum Gasteiger partial charge on any atom is -0.356 e. The van der Waals surface area contributed by atoms with Gasteiger partial charge >= 0.3 is 0 Å². The maximum atomic E-state index is 12.7. The zero-order valence-electron chi connectivity index (χ0n) is 12.9. The second-order valence-corrected chi connectivity index (χ2v) is 6.33. The number of nitrogens with zero attached hydrogens (tertiary/aromatic N) is 2. The fourth-order valence-electron chi connectivity index (χ4n) is 2.83. The molecule has 0 aliphatic carbocycles. The number of amides is 1. The van der Waals surface area contributed by atoms with Crippen molar-refractivity contribution in [2.24, 2.45) is 0 Å². The van der Waals surface area contributed by atoms with Gasteiger partial charge in [0.25, 0.3) is 5.56 Å². The molecule has 0 saturated carbocycles. The highest BCUT2D eigenvalue weighted by Gasteiger charge is 2.11. The Morgan fingerprint density at radius 3 is 2.83 bits per heavy atom. The lowest BCUT2D eigenvalue weighted by Gasteiger charge is -2.13. The van der Waals surface area contributed by atoms with Gasteiger partial charge in [-0.3, -0.25) is 9.59 Å². The van der Waals surface area contributed by atoms with Crippen molar-refractivity contribution >= 4 is 38.4 Å². The second kappa shape index (κ2) is 6.58. The number of aryl methyl sites for hydroxylation is 1. The average Bonchev–Trinajstić information content (AvgIpc) is 3.00. The third kappa shape index (κ3) is 3.03. The summed E-state index contributed by atoms with van der Waals surface area (Å²) in [5.41, 5.74) is 2.46. The first-order valence-corrected chi connectivity index (χ1v) is 8.47. The summed E-state index contributed by atoms with van der Waals surface area (Å²) in [6.45, 7) is 3.05. The molecule has 6 heteroatoms. The maximum absolute atomic E-state index is 12.7. The van der Waals surface area contributed by atoms with E-state index in [0.717, 1.165) is 15.5 Å². The summed E-state index contributed by atoms with van der Waals surface area (Å²) in [7, 11) is 0. The Kier molecular flexibility index (Phi) is 4.52. The Morgan fingerprint density at radius 2 is 2.04 bits per heavy atom. The predicted octanol–water partition coefficient (Wildman–Crippen LogP) is 2.93. The first-order valence-electron chi connectivity index (χ1n) is 7.67. The van der Waals surface area contributed by atoms with E-state index in [1.807, 2.05) is 47.9 Å². The molecule has 2 heterocycles. The van der Waals surface area contributed by atoms with Gasteiger partial charge in [0.15, 0.2) is 0 Å². The molecule has 0 unspecified atom stereocenters. The maximum Gasteiger partial charge on any atom is 0.275 e. The van der Waals surface area contributed by atoms with Gasteiger partial charge in [-0.25, -0.2) is 0 Å². The van der Waals surface area contributed by atoms with E-state index in [1.165, 1.54) is 0 Å². The van der Waals surface area contributed by atoms with E-state index in [2.05, 4.69) is 21.2 Å². The normalized spacial score (nSPS) is 11.2. The molecule has 23 heavy (non-hydrogen) atoms. The quantitative estimate of drug-likeness (QED) is 0.745. The lowest BCUT2D eigenvalue weighted by atomic mass is 10.2. The van der Waals surface area contributed by atoms with Crippen LogP contribution >= 0.6 is 15.9 Å². The van der Waals surface area contributed by atoms with E-state index in [-0.39, 0.29) is 11.5 Å². The molecular weight excluding hydrogens is 358 g/mol. The summed E-state index contributed by atoms with van der Waals surface area (Å²) < 4.78 is 4.59. The van der Waals surface area contributed by atoms with Gasteiger partial charge in [0.1, 0.15) is 5.52 Å². The monoisotopic (exact) mass is 375 g/mol. The number of benzene rings is 1. The topological polar surface area (TPSA) is 55.5 Å². The van der Waals surface area contributed by atoms with Crippen LogP contribution in [0.3, 0.4) is 0 Å². The molecular formula is C17H18BrN3O2. The van der Waals surface area contributed by atoms with Gasteiger partial charge in [0.2, 0.25) is 5.91 Å². The number of carbonyl (C=O) groups is 1. The lowest BCUT2D eigenvalue weighted by molar-refractivity contribution is -0.121. The van der Waals surface area contributed by atoms with E-state index in [4.69, 9.17) is 0 Å². The molecule has 0 saturated heterocycles. The van der Waals surface area contributed by atoms with E-state index in [0.29, 0.717) is 31.4 Å². The zero-order valence-corrected chi connectivity index (χ0v) is 14.5. The highest BCUT2D eigenvalue weighted by Crippen LogP contribution is 2.20. The van der Waals surface area contributed by atoms with Crippen LogP contribution in [0.5, 0.6) is 0 Å². The third-order valence-electron chi connectivity index (χ3n) is 3.86. The van der Waals surface area contributed by atoms with Crippen LogP contribution in [0.25, 0.3) is 16.6 Å². The van der Waals surface area contributed by atoms with Crippen molar-refractivity contribution in [2.45, 2.75) is 26.3 Å². The zero-order chi connectivity index (χ0) is 16.4. The molecule has 1 N–H and O–H groups in total. The standard InChI is InChI=1S/C17H18BrN3O2/c1-2-19-16(22)6-4-10-21-15-11-12(18)7-8-13(15)20-9-3-5-14(20)17(21)23/h3,5,7-9,11H,2,4,6,10H2,1H3,(H,19,22). The minimum atomic E-state index is -0.0310. The van der Waals surface area contributed by atoms with Gasteiger partial charge in [-0.2, -0.15) is 0 Å². The van der Waals surface area contributed by atoms with Crippen molar-refractivity contribution in [1.82, 2.24) is 14.3 Å². The summed E-state index contributed by atoms with van der Waals surface area (Å²) >= 11 is 3.47. The molecule has 3 rings (SSSR count). The molecule has 0 bridgehead atoms. The lowest BCUT2D eigenvalue weighted by Crippen LogP contribution is -2.25. The van der Waals surface area contributed by atoms with Crippen LogP contribution in [0.2, 0.25) is 0 Å². The largest absolute Gasteiger partial charge is 0.356 e. The molecule has 2 aromatic heterocycles. The Hall–Kier alpha value is -2.08. The van der Waals surface area contributed by atoms with Crippen molar-refractivity contribution in [3.05, 3.63) is 51.4 Å². The summed E-state index contributed by atoms with van der Waals surface area (Å²) in [4.78, 5) is 24.3. The third-order valence-corrected chi connectivity index (χ3v) is 4.35. The fourth-order valence-corrected chi connectivity index (χ4v) is 3.18. The highest BCUT2D eigenvalue weighted by molar-refractivity contribution is 9.10. The number of rotatable bonds is 5. The van der Waals surface area contributed by atoms with Crippen molar-refractivity contribution in [3.63, 3.8) is 0 Å². The molecule has 0 aliphatic heterocycles. The highest BCUT2D eigenvalue weighted by atomic mass is 79.9. The van der Waals surface area contributed by atoms with Crippen LogP contribution in [0.15, 0.2) is 45.8 Å². The van der Waals surface area contributed by atoms with Gasteiger partial charge in [-0.1, -0.05) is 15.9 Å². The van der Waals surface area contributed by atoms with Crippen LogP contribution < -0.4 is 10.9 Å². The van der Waals surface area contributed by atoms with Crippen LogP contribution in [0.1, 0.15) is 19.8 Å². The summed E-state index contributed by atoms with van der Waals surface area (Å²) in [5.74, 6) is 0.0230. The number of carbonyl (C=O) groups excluding carboxylic acids is 1. The Bertz CT molecular complexity index is 927. The Balaban J connectivity index is 2.03. The van der Waals surface area contributed by atoms with Gasteiger partial charge in [0.05, 0.1) is 11.0 Å². The van der Waals surface area contributed by atoms with Crippen molar-refractivity contribution < 1.29 is 4.79 Å². The minimum absolute atomic E-state index is 0.0230. The van der Waals surface area contributed by atoms with Gasteiger partial charge < -0.3 is 14.3 Å². The van der Waals surface area contributed by atoms with Gasteiger partial charge in [0, 0.05) is 30.2 Å². The first-order chi connectivity index (χ1) is 11.1. The molecule has 0 atom stereocenters. The molecule has 3 aromatic rings. The molecule has 0 fully saturated rings. The SMILES string of the molecule is CCNC(=O)CCCn1c(=O)c2cccn2c2ccc(Br)cc21. The van der Waals surface area contributed by atoms with Crippen LogP contribution in [-0.4, -0.2) is 21.4 Å². The van der Waals surface area contributed by atoms with Crippen molar-refractivity contribution in [3.8, 4) is 0 Å². The number of hydrogen-bond donors (Lipinski definition) is 1. The first kappa shape index (κ1) is 15.8. The Morgan fingerprint density at radius 1 is 1.22 bits per heavy atom. The smallest absolute Gasteiger partial charge is 0.275 e. The molecule has 120 valence electrons. The van der Waals surface area contributed by atoms with E-state index < -0.39 is 0 Å². The van der Waals surface area contributed by atoms with Gasteiger partial charge in [-0.15, -0.1) is 0 Å². The molecule has 0 spiro atoms. The van der Waals surface area contributed by atoms with Crippen molar-refractivity contribution in [2.75, 3.05) is 6.54 Å². The van der Waals surface area contributed by atoms with Crippen LogP contribution in [-0.2, 0) is 11.3 Å². The number of nitrogens with one attached hydrogen (secondary N) is 1. The van der Waals surface area contributed by atoms with E-state index in [9.17, 15) is 9.59 Å². The van der Waals surface area contributed by atoms with Crippen LogP contribution in [0.4, 0.5) is 0 Å².